The van der Waals surface area contributed by atoms with Crippen LogP contribution in [0.4, 0.5) is 0 Å². The van der Waals surface area contributed by atoms with E-state index in [1.807, 2.05) is 0 Å². The molecule has 0 unspecified atom stereocenters. The molecule has 1 heterocycles. The zero-order chi connectivity index (χ0) is 8.60. The van der Waals surface area contributed by atoms with Crippen LogP contribution in [0.3, 0.4) is 0 Å². The van der Waals surface area contributed by atoms with Gasteiger partial charge in [0, 0.05) is 24.0 Å². The maximum atomic E-state index is 4.03. The zero-order valence-corrected chi connectivity index (χ0v) is 9.07. The monoisotopic (exact) mass is 229 g/mol. The van der Waals surface area contributed by atoms with Crippen LogP contribution in [0.5, 0.6) is 0 Å². The number of halogens is 1. The van der Waals surface area contributed by atoms with E-state index in [1.54, 1.807) is 0 Å². The van der Waals surface area contributed by atoms with Crippen molar-refractivity contribution in [3.63, 3.8) is 0 Å². The van der Waals surface area contributed by atoms with Gasteiger partial charge in [-0.05, 0) is 25.7 Å². The second-order valence-corrected chi connectivity index (χ2v) is 4.69. The summed E-state index contributed by atoms with van der Waals surface area (Å²) in [5, 5.41) is 0.958. The minimum atomic E-state index is 0.644. The molecule has 1 spiro atoms. The zero-order valence-electron chi connectivity index (χ0n) is 7.48. The van der Waals surface area contributed by atoms with Crippen molar-refractivity contribution >= 4 is 15.9 Å². The first-order valence-corrected chi connectivity index (χ1v) is 5.87. The Bertz CT molecular complexity index is 191. The maximum absolute atomic E-state index is 4.03. The van der Waals surface area contributed by atoms with E-state index < -0.39 is 0 Å². The second-order valence-electron chi connectivity index (χ2n) is 4.13. The lowest BCUT2D eigenvalue weighted by atomic mass is 9.68. The molecule has 2 heteroatoms. The average molecular weight is 230 g/mol. The summed E-state index contributed by atoms with van der Waals surface area (Å²) in [7, 11) is 0. The van der Waals surface area contributed by atoms with Crippen molar-refractivity contribution in [2.75, 3.05) is 18.4 Å². The van der Waals surface area contributed by atoms with Crippen LogP contribution in [0, 0.1) is 0 Å². The third kappa shape index (κ3) is 1.25. The number of likely N-dealkylation sites (tertiary alicyclic amines) is 1. The van der Waals surface area contributed by atoms with Gasteiger partial charge in [0.2, 0.25) is 0 Å². The Morgan fingerprint density at radius 2 is 2.17 bits per heavy atom. The van der Waals surface area contributed by atoms with Crippen molar-refractivity contribution in [1.29, 1.82) is 0 Å². The summed E-state index contributed by atoms with van der Waals surface area (Å²) in [6.45, 7) is 6.44. The highest BCUT2D eigenvalue weighted by Gasteiger charge is 2.48. The molecule has 2 rings (SSSR count). The van der Waals surface area contributed by atoms with Gasteiger partial charge < -0.3 is 0 Å². The first-order valence-electron chi connectivity index (χ1n) is 4.74. The topological polar surface area (TPSA) is 3.24 Å². The largest absolute Gasteiger partial charge is 0.294 e. The van der Waals surface area contributed by atoms with Gasteiger partial charge in [-0.15, -0.1) is 0 Å². The number of nitrogens with zero attached hydrogens (tertiary/aromatic N) is 1. The van der Waals surface area contributed by atoms with E-state index >= 15 is 0 Å². The molecule has 1 nitrogen and oxygen atoms in total. The summed E-state index contributed by atoms with van der Waals surface area (Å²) < 4.78 is 0. The molecular formula is C10H16BrN. The highest BCUT2D eigenvalue weighted by molar-refractivity contribution is 9.09. The lowest BCUT2D eigenvalue weighted by Gasteiger charge is -2.59. The molecule has 0 radical (unpaired) electrons. The summed E-state index contributed by atoms with van der Waals surface area (Å²) in [5.74, 6) is 0. The van der Waals surface area contributed by atoms with E-state index in [2.05, 4.69) is 27.4 Å². The molecule has 68 valence electrons. The molecule has 0 bridgehead atoms. The first kappa shape index (κ1) is 8.76. The minimum absolute atomic E-state index is 0.644. The maximum Gasteiger partial charge on any atom is 0.0251 e. The van der Waals surface area contributed by atoms with Crippen LogP contribution in [-0.2, 0) is 0 Å². The van der Waals surface area contributed by atoms with Crippen molar-refractivity contribution in [1.82, 2.24) is 4.90 Å². The molecule has 1 saturated heterocycles. The fraction of sp³-hybridized carbons (Fsp3) is 0.800. The summed E-state index contributed by atoms with van der Waals surface area (Å²) >= 11 is 3.45. The van der Waals surface area contributed by atoms with E-state index in [0.29, 0.717) is 5.54 Å². The van der Waals surface area contributed by atoms with Crippen LogP contribution in [0.15, 0.2) is 12.2 Å². The number of rotatable bonds is 3. The van der Waals surface area contributed by atoms with E-state index in [4.69, 9.17) is 0 Å². The lowest BCUT2D eigenvalue weighted by Crippen LogP contribution is -2.63. The Morgan fingerprint density at radius 1 is 1.42 bits per heavy atom. The first-order chi connectivity index (χ1) is 5.77. The molecule has 1 aliphatic heterocycles. The lowest BCUT2D eigenvalue weighted by molar-refractivity contribution is -0.0655. The Balaban J connectivity index is 1.85. The normalized spacial score (nSPS) is 26.4. The molecule has 0 amide bonds. The predicted molar refractivity (Wildman–Crippen MR) is 55.7 cm³/mol. The molecule has 1 saturated carbocycles. The van der Waals surface area contributed by atoms with Gasteiger partial charge in [0.05, 0.1) is 0 Å². The molecule has 0 aromatic rings. The van der Waals surface area contributed by atoms with Gasteiger partial charge >= 0.3 is 0 Å². The average Bonchev–Trinajstić information content (AvgIpc) is 1.94. The smallest absolute Gasteiger partial charge is 0.0251 e. The van der Waals surface area contributed by atoms with E-state index in [0.717, 1.165) is 11.9 Å². The summed E-state index contributed by atoms with van der Waals surface area (Å²) in [6.07, 6.45) is 5.74. The van der Waals surface area contributed by atoms with Gasteiger partial charge in [-0.2, -0.15) is 0 Å². The van der Waals surface area contributed by atoms with Crippen molar-refractivity contribution in [3.05, 3.63) is 12.2 Å². The molecule has 0 N–H and O–H groups in total. The van der Waals surface area contributed by atoms with Crippen LogP contribution < -0.4 is 0 Å². The summed E-state index contributed by atoms with van der Waals surface area (Å²) in [5.41, 5.74) is 1.96. The molecule has 12 heavy (non-hydrogen) atoms. The quantitative estimate of drug-likeness (QED) is 0.532. The molecule has 0 aromatic carbocycles. The van der Waals surface area contributed by atoms with Gasteiger partial charge in [0.15, 0.2) is 0 Å². The Morgan fingerprint density at radius 3 is 2.50 bits per heavy atom. The molecule has 0 aromatic heterocycles. The van der Waals surface area contributed by atoms with Crippen molar-refractivity contribution in [2.24, 2.45) is 0 Å². The second kappa shape index (κ2) is 3.15. The predicted octanol–water partition coefficient (Wildman–Crippen LogP) is 2.57. The Kier molecular flexibility index (Phi) is 2.30. The van der Waals surface area contributed by atoms with Crippen molar-refractivity contribution in [3.8, 4) is 0 Å². The van der Waals surface area contributed by atoms with Crippen molar-refractivity contribution in [2.45, 2.75) is 31.2 Å². The van der Waals surface area contributed by atoms with Crippen LogP contribution in [0.2, 0.25) is 0 Å². The Hall–Kier alpha value is 0.180. The van der Waals surface area contributed by atoms with Gasteiger partial charge in [0.1, 0.15) is 0 Å². The fourth-order valence-electron chi connectivity index (χ4n) is 2.30. The minimum Gasteiger partial charge on any atom is -0.294 e. The highest BCUT2D eigenvalue weighted by atomic mass is 79.9. The number of hydrogen-bond acceptors (Lipinski definition) is 1. The van der Waals surface area contributed by atoms with E-state index in [1.165, 1.54) is 37.8 Å². The highest BCUT2D eigenvalue weighted by Crippen LogP contribution is 2.47. The van der Waals surface area contributed by atoms with E-state index in [9.17, 15) is 0 Å². The van der Waals surface area contributed by atoms with Gasteiger partial charge in [-0.3, -0.25) is 4.90 Å². The molecule has 2 aliphatic rings. The third-order valence-electron chi connectivity index (χ3n) is 3.41. The van der Waals surface area contributed by atoms with Crippen molar-refractivity contribution < 1.29 is 0 Å². The third-order valence-corrected chi connectivity index (χ3v) is 4.20. The van der Waals surface area contributed by atoms with Gasteiger partial charge in [-0.1, -0.05) is 28.1 Å². The molecule has 2 fully saturated rings. The summed E-state index contributed by atoms with van der Waals surface area (Å²) in [6, 6.07) is 0. The number of hydrogen-bond donors (Lipinski definition) is 0. The SMILES string of the molecule is C=C(CBr)CN1CCC12CCC2. The van der Waals surface area contributed by atoms with Crippen LogP contribution in [0.25, 0.3) is 0 Å². The molecule has 0 atom stereocenters. The fourth-order valence-corrected chi connectivity index (χ4v) is 2.47. The van der Waals surface area contributed by atoms with E-state index in [-0.39, 0.29) is 0 Å². The van der Waals surface area contributed by atoms with Gasteiger partial charge in [-0.25, -0.2) is 0 Å². The number of alkyl halides is 1. The summed E-state index contributed by atoms with van der Waals surface area (Å²) in [4.78, 5) is 2.61. The van der Waals surface area contributed by atoms with Crippen LogP contribution in [0.1, 0.15) is 25.7 Å². The molecule has 1 aliphatic carbocycles. The molecular weight excluding hydrogens is 214 g/mol. The van der Waals surface area contributed by atoms with Crippen LogP contribution in [-0.4, -0.2) is 28.9 Å². The standard InChI is InChI=1S/C10H16BrN/c1-9(7-11)8-12-6-5-10(12)3-2-4-10/h1-8H2. The van der Waals surface area contributed by atoms with Crippen LogP contribution >= 0.6 is 15.9 Å². The van der Waals surface area contributed by atoms with Gasteiger partial charge in [0.25, 0.3) is 0 Å². The Labute approximate surface area is 82.9 Å².